The number of Topliss-reactive ketones (excluding diaryl/α,β-unsaturated/α-hetero) is 1. The summed E-state index contributed by atoms with van der Waals surface area (Å²) in [6, 6.07) is 14.2. The third kappa shape index (κ3) is 4.02. The molecule has 0 radical (unpaired) electrons. The molecule has 112 valence electrons. The molecule has 5 heteroatoms. The van der Waals surface area contributed by atoms with Gasteiger partial charge < -0.3 is 5.32 Å². The zero-order chi connectivity index (χ0) is 15.9. The molecule has 0 aliphatic heterocycles. The Balaban J connectivity index is 2.08. The van der Waals surface area contributed by atoms with Crippen molar-refractivity contribution in [3.8, 4) is 0 Å². The highest BCUT2D eigenvalue weighted by molar-refractivity contribution is 5.95. The highest BCUT2D eigenvalue weighted by Gasteiger charge is 2.15. The van der Waals surface area contributed by atoms with E-state index in [1.807, 2.05) is 42.5 Å². The van der Waals surface area contributed by atoms with Crippen molar-refractivity contribution < 1.29 is 9.72 Å². The Labute approximate surface area is 128 Å². The average Bonchev–Trinajstić information content (AvgIpc) is 2.52. The van der Waals surface area contributed by atoms with E-state index in [2.05, 4.69) is 5.32 Å². The van der Waals surface area contributed by atoms with Crippen LogP contribution >= 0.6 is 0 Å². The topological polar surface area (TPSA) is 72.2 Å². The predicted molar refractivity (Wildman–Crippen MR) is 87.1 cm³/mol. The summed E-state index contributed by atoms with van der Waals surface area (Å²) in [4.78, 5) is 21.9. The maximum atomic E-state index is 11.3. The van der Waals surface area contributed by atoms with Gasteiger partial charge in [-0.05, 0) is 24.6 Å². The van der Waals surface area contributed by atoms with Crippen LogP contribution in [0.3, 0.4) is 0 Å². The second kappa shape index (κ2) is 7.17. The quantitative estimate of drug-likeness (QED) is 0.498. The standard InChI is InChI=1S/C17H16N2O3/c1-13(20)15-9-10-16(17(12-15)19(21)22)18-11-5-8-14-6-3-2-4-7-14/h2-10,12,18H,11H2,1H3/b8-5+. The molecular weight excluding hydrogens is 280 g/mol. The van der Waals surface area contributed by atoms with E-state index in [4.69, 9.17) is 0 Å². The van der Waals surface area contributed by atoms with E-state index in [9.17, 15) is 14.9 Å². The second-order valence-electron chi connectivity index (χ2n) is 4.74. The summed E-state index contributed by atoms with van der Waals surface area (Å²) in [7, 11) is 0. The highest BCUT2D eigenvalue weighted by Crippen LogP contribution is 2.25. The number of nitro groups is 1. The van der Waals surface area contributed by atoms with Crippen LogP contribution in [-0.2, 0) is 0 Å². The first kappa shape index (κ1) is 15.4. The van der Waals surface area contributed by atoms with E-state index < -0.39 is 4.92 Å². The van der Waals surface area contributed by atoms with Gasteiger partial charge in [-0.2, -0.15) is 0 Å². The van der Waals surface area contributed by atoms with Gasteiger partial charge in [0, 0.05) is 18.2 Å². The van der Waals surface area contributed by atoms with Gasteiger partial charge in [-0.3, -0.25) is 14.9 Å². The van der Waals surface area contributed by atoms with Crippen LogP contribution in [-0.4, -0.2) is 17.3 Å². The first-order valence-corrected chi connectivity index (χ1v) is 6.83. The lowest BCUT2D eigenvalue weighted by molar-refractivity contribution is -0.384. The average molecular weight is 296 g/mol. The fourth-order valence-corrected chi connectivity index (χ4v) is 1.98. The minimum absolute atomic E-state index is 0.0965. The summed E-state index contributed by atoms with van der Waals surface area (Å²) in [5, 5.41) is 14.1. The summed E-state index contributed by atoms with van der Waals surface area (Å²) in [6.07, 6.45) is 3.82. The Morgan fingerprint density at radius 2 is 1.95 bits per heavy atom. The van der Waals surface area contributed by atoms with E-state index in [0.717, 1.165) is 5.56 Å². The van der Waals surface area contributed by atoms with Crippen molar-refractivity contribution >= 4 is 23.2 Å². The van der Waals surface area contributed by atoms with E-state index in [1.54, 1.807) is 12.1 Å². The number of hydrogen-bond acceptors (Lipinski definition) is 4. The lowest BCUT2D eigenvalue weighted by Crippen LogP contribution is -2.04. The molecule has 0 unspecified atom stereocenters. The van der Waals surface area contributed by atoms with Crippen LogP contribution in [0.15, 0.2) is 54.6 Å². The summed E-state index contributed by atoms with van der Waals surface area (Å²) in [6.45, 7) is 1.84. The number of nitrogens with zero attached hydrogens (tertiary/aromatic N) is 1. The minimum Gasteiger partial charge on any atom is -0.376 e. The third-order valence-electron chi connectivity index (χ3n) is 3.12. The van der Waals surface area contributed by atoms with Gasteiger partial charge in [0.25, 0.3) is 5.69 Å². The number of carbonyl (C=O) groups is 1. The zero-order valence-corrected chi connectivity index (χ0v) is 12.2. The number of carbonyl (C=O) groups excluding carboxylic acids is 1. The van der Waals surface area contributed by atoms with Crippen molar-refractivity contribution in [2.75, 3.05) is 11.9 Å². The van der Waals surface area contributed by atoms with Gasteiger partial charge in [0.1, 0.15) is 5.69 Å². The summed E-state index contributed by atoms with van der Waals surface area (Å²) < 4.78 is 0. The van der Waals surface area contributed by atoms with Gasteiger partial charge in [-0.1, -0.05) is 42.5 Å². The van der Waals surface area contributed by atoms with Gasteiger partial charge in [0.15, 0.2) is 5.78 Å². The number of nitro benzene ring substituents is 1. The van der Waals surface area contributed by atoms with E-state index in [0.29, 0.717) is 17.8 Å². The Hall–Kier alpha value is -2.95. The molecule has 1 N–H and O–H groups in total. The molecule has 0 spiro atoms. The molecule has 0 bridgehead atoms. The largest absolute Gasteiger partial charge is 0.376 e. The predicted octanol–water partition coefficient (Wildman–Crippen LogP) is 3.92. The molecule has 0 saturated carbocycles. The number of benzene rings is 2. The molecule has 22 heavy (non-hydrogen) atoms. The minimum atomic E-state index is -0.490. The Morgan fingerprint density at radius 3 is 2.59 bits per heavy atom. The lowest BCUT2D eigenvalue weighted by atomic mass is 10.1. The van der Waals surface area contributed by atoms with Crippen molar-refractivity contribution in [1.82, 2.24) is 0 Å². The molecule has 0 aliphatic rings. The molecule has 5 nitrogen and oxygen atoms in total. The molecule has 0 aliphatic carbocycles. The summed E-state index contributed by atoms with van der Waals surface area (Å²) >= 11 is 0. The zero-order valence-electron chi connectivity index (χ0n) is 12.2. The molecule has 0 saturated heterocycles. The Bertz CT molecular complexity index is 709. The number of nitrogens with one attached hydrogen (secondary N) is 1. The van der Waals surface area contributed by atoms with Crippen molar-refractivity contribution in [3.05, 3.63) is 75.8 Å². The van der Waals surface area contributed by atoms with Crippen molar-refractivity contribution in [2.24, 2.45) is 0 Å². The summed E-state index contributed by atoms with van der Waals surface area (Å²) in [5.74, 6) is -0.196. The third-order valence-corrected chi connectivity index (χ3v) is 3.12. The van der Waals surface area contributed by atoms with Crippen LogP contribution in [0.25, 0.3) is 6.08 Å². The van der Waals surface area contributed by atoms with E-state index in [-0.39, 0.29) is 11.5 Å². The van der Waals surface area contributed by atoms with Gasteiger partial charge in [-0.15, -0.1) is 0 Å². The molecule has 2 aromatic rings. The second-order valence-corrected chi connectivity index (χ2v) is 4.74. The maximum Gasteiger partial charge on any atom is 0.293 e. The molecule has 2 rings (SSSR count). The smallest absolute Gasteiger partial charge is 0.293 e. The SMILES string of the molecule is CC(=O)c1ccc(NC/C=C/c2ccccc2)c([N+](=O)[O-])c1. The first-order chi connectivity index (χ1) is 10.6. The fraction of sp³-hybridized carbons (Fsp3) is 0.118. The molecular formula is C17H16N2O3. The van der Waals surface area contributed by atoms with E-state index >= 15 is 0 Å². The number of hydrogen-bond donors (Lipinski definition) is 1. The van der Waals surface area contributed by atoms with Gasteiger partial charge >= 0.3 is 0 Å². The summed E-state index contributed by atoms with van der Waals surface area (Å²) in [5.41, 5.74) is 1.69. The van der Waals surface area contributed by atoms with E-state index in [1.165, 1.54) is 13.0 Å². The molecule has 0 fully saturated rings. The van der Waals surface area contributed by atoms with Crippen LogP contribution in [0.2, 0.25) is 0 Å². The van der Waals surface area contributed by atoms with Crippen molar-refractivity contribution in [3.63, 3.8) is 0 Å². The van der Waals surface area contributed by atoms with Crippen LogP contribution in [0.1, 0.15) is 22.8 Å². The lowest BCUT2D eigenvalue weighted by Gasteiger charge is -2.05. The van der Waals surface area contributed by atoms with Crippen LogP contribution in [0.4, 0.5) is 11.4 Å². The number of ketones is 1. The number of anilines is 1. The van der Waals surface area contributed by atoms with Crippen LogP contribution < -0.4 is 5.32 Å². The van der Waals surface area contributed by atoms with Gasteiger partial charge in [0.05, 0.1) is 4.92 Å². The normalized spacial score (nSPS) is 10.6. The monoisotopic (exact) mass is 296 g/mol. The molecule has 0 atom stereocenters. The highest BCUT2D eigenvalue weighted by atomic mass is 16.6. The maximum absolute atomic E-state index is 11.3. The molecule has 0 heterocycles. The van der Waals surface area contributed by atoms with Crippen LogP contribution in [0.5, 0.6) is 0 Å². The Morgan fingerprint density at radius 1 is 1.23 bits per heavy atom. The van der Waals surface area contributed by atoms with Gasteiger partial charge in [0.2, 0.25) is 0 Å². The molecule has 0 amide bonds. The van der Waals surface area contributed by atoms with Crippen molar-refractivity contribution in [2.45, 2.75) is 6.92 Å². The fourth-order valence-electron chi connectivity index (χ4n) is 1.98. The number of rotatable bonds is 6. The van der Waals surface area contributed by atoms with Gasteiger partial charge in [-0.25, -0.2) is 0 Å². The molecule has 0 aromatic heterocycles. The van der Waals surface area contributed by atoms with Crippen LogP contribution in [0, 0.1) is 10.1 Å². The van der Waals surface area contributed by atoms with Crippen molar-refractivity contribution in [1.29, 1.82) is 0 Å². The molecule has 2 aromatic carbocycles. The first-order valence-electron chi connectivity index (χ1n) is 6.83. The Kier molecular flexibility index (Phi) is 5.03.